The van der Waals surface area contributed by atoms with Gasteiger partial charge in [0.1, 0.15) is 0 Å². The zero-order valence-corrected chi connectivity index (χ0v) is 10.8. The normalized spacial score (nSPS) is 12.9. The Morgan fingerprint density at radius 3 is 2.41 bits per heavy atom. The van der Waals surface area contributed by atoms with E-state index >= 15 is 0 Å². The van der Waals surface area contributed by atoms with Crippen LogP contribution >= 0.6 is 0 Å². The van der Waals surface area contributed by atoms with Crippen molar-refractivity contribution in [2.24, 2.45) is 0 Å². The van der Waals surface area contributed by atoms with Gasteiger partial charge in [0.05, 0.1) is 19.3 Å². The number of aliphatic hydroxyl groups is 1. The molecule has 0 radical (unpaired) electrons. The van der Waals surface area contributed by atoms with Gasteiger partial charge in [0.25, 0.3) is 0 Å². The number of nitrogens with zero attached hydrogens (tertiary/aromatic N) is 1. The van der Waals surface area contributed by atoms with Crippen LogP contribution in [-0.4, -0.2) is 42.4 Å². The standard InChI is InChI=1S/C14H23NO2/c1-3-15(4-2)10-14(16)12-17-11-13-8-6-5-7-9-13/h5-9,14,16H,3-4,10-12H2,1-2H3/t14-/m0/s1. The summed E-state index contributed by atoms with van der Waals surface area (Å²) in [5, 5.41) is 9.79. The van der Waals surface area contributed by atoms with Crippen LogP contribution in [0.25, 0.3) is 0 Å². The van der Waals surface area contributed by atoms with E-state index in [-0.39, 0.29) is 0 Å². The monoisotopic (exact) mass is 237 g/mol. The molecule has 0 heterocycles. The SMILES string of the molecule is CCN(CC)C[C@H](O)COCc1ccccc1. The topological polar surface area (TPSA) is 32.7 Å². The average molecular weight is 237 g/mol. The highest BCUT2D eigenvalue weighted by Crippen LogP contribution is 2.01. The van der Waals surface area contributed by atoms with E-state index in [1.807, 2.05) is 30.3 Å². The van der Waals surface area contributed by atoms with Gasteiger partial charge in [-0.2, -0.15) is 0 Å². The molecule has 0 spiro atoms. The van der Waals surface area contributed by atoms with Crippen LogP contribution in [0.1, 0.15) is 19.4 Å². The van der Waals surface area contributed by atoms with Gasteiger partial charge in [-0.25, -0.2) is 0 Å². The molecule has 96 valence electrons. The maximum atomic E-state index is 9.79. The van der Waals surface area contributed by atoms with E-state index in [2.05, 4.69) is 18.7 Å². The molecule has 3 nitrogen and oxygen atoms in total. The third kappa shape index (κ3) is 5.82. The van der Waals surface area contributed by atoms with Gasteiger partial charge in [-0.1, -0.05) is 44.2 Å². The van der Waals surface area contributed by atoms with Gasteiger partial charge in [-0.3, -0.25) is 0 Å². The van der Waals surface area contributed by atoms with Crippen LogP contribution in [0.15, 0.2) is 30.3 Å². The van der Waals surface area contributed by atoms with Crippen molar-refractivity contribution in [3.63, 3.8) is 0 Å². The first-order chi connectivity index (χ1) is 8.26. The van der Waals surface area contributed by atoms with Gasteiger partial charge in [-0.05, 0) is 18.7 Å². The highest BCUT2D eigenvalue weighted by molar-refractivity contribution is 5.13. The van der Waals surface area contributed by atoms with Gasteiger partial charge in [0.2, 0.25) is 0 Å². The Labute approximate surface area is 104 Å². The molecule has 0 aliphatic rings. The fraction of sp³-hybridized carbons (Fsp3) is 0.571. The molecule has 1 N–H and O–H groups in total. The molecule has 0 bridgehead atoms. The summed E-state index contributed by atoms with van der Waals surface area (Å²) in [4.78, 5) is 2.19. The third-order valence-electron chi connectivity index (χ3n) is 2.79. The molecule has 1 aromatic carbocycles. The number of rotatable bonds is 8. The minimum atomic E-state index is -0.404. The molecule has 0 saturated carbocycles. The molecule has 0 unspecified atom stereocenters. The van der Waals surface area contributed by atoms with E-state index in [0.717, 1.165) is 18.7 Å². The lowest BCUT2D eigenvalue weighted by Gasteiger charge is -2.21. The summed E-state index contributed by atoms with van der Waals surface area (Å²) >= 11 is 0. The molecule has 17 heavy (non-hydrogen) atoms. The summed E-state index contributed by atoms with van der Waals surface area (Å²) in [6.45, 7) is 7.77. The molecule has 0 aromatic heterocycles. The van der Waals surface area contributed by atoms with Crippen molar-refractivity contribution in [3.05, 3.63) is 35.9 Å². The summed E-state index contributed by atoms with van der Waals surface area (Å²) in [7, 11) is 0. The number of ether oxygens (including phenoxy) is 1. The first-order valence-electron chi connectivity index (χ1n) is 6.28. The van der Waals surface area contributed by atoms with Crippen molar-refractivity contribution < 1.29 is 9.84 Å². The van der Waals surface area contributed by atoms with Gasteiger partial charge in [0, 0.05) is 6.54 Å². The Kier molecular flexibility index (Phi) is 6.86. The van der Waals surface area contributed by atoms with E-state index in [1.54, 1.807) is 0 Å². The largest absolute Gasteiger partial charge is 0.389 e. The molecule has 0 fully saturated rings. The van der Waals surface area contributed by atoms with Crippen molar-refractivity contribution in [1.29, 1.82) is 0 Å². The molecular weight excluding hydrogens is 214 g/mol. The number of hydrogen-bond donors (Lipinski definition) is 1. The molecule has 0 amide bonds. The van der Waals surface area contributed by atoms with Crippen LogP contribution in [0.5, 0.6) is 0 Å². The van der Waals surface area contributed by atoms with Crippen LogP contribution < -0.4 is 0 Å². The van der Waals surface area contributed by atoms with Crippen molar-refractivity contribution in [1.82, 2.24) is 4.90 Å². The Hall–Kier alpha value is -0.900. The molecule has 1 aromatic rings. The minimum absolute atomic E-state index is 0.394. The van der Waals surface area contributed by atoms with E-state index in [1.165, 1.54) is 0 Å². The number of hydrogen-bond acceptors (Lipinski definition) is 3. The minimum Gasteiger partial charge on any atom is -0.389 e. The summed E-state index contributed by atoms with van der Waals surface area (Å²) in [5.74, 6) is 0. The Morgan fingerprint density at radius 2 is 1.82 bits per heavy atom. The van der Waals surface area contributed by atoms with Gasteiger partial charge >= 0.3 is 0 Å². The van der Waals surface area contributed by atoms with E-state index in [9.17, 15) is 5.11 Å². The van der Waals surface area contributed by atoms with Crippen molar-refractivity contribution in [2.45, 2.75) is 26.6 Å². The fourth-order valence-electron chi connectivity index (χ4n) is 1.72. The lowest BCUT2D eigenvalue weighted by molar-refractivity contribution is 0.0114. The molecule has 1 atom stereocenters. The molecule has 3 heteroatoms. The second kappa shape index (κ2) is 8.23. The van der Waals surface area contributed by atoms with Gasteiger partial charge < -0.3 is 14.7 Å². The lowest BCUT2D eigenvalue weighted by atomic mass is 10.2. The molecule has 1 rings (SSSR count). The molecule has 0 aliphatic carbocycles. The predicted molar refractivity (Wildman–Crippen MR) is 69.9 cm³/mol. The lowest BCUT2D eigenvalue weighted by Crippen LogP contribution is -2.34. The Morgan fingerprint density at radius 1 is 1.18 bits per heavy atom. The van der Waals surface area contributed by atoms with Crippen LogP contribution in [0.4, 0.5) is 0 Å². The summed E-state index contributed by atoms with van der Waals surface area (Å²) < 4.78 is 5.49. The molecular formula is C14H23NO2. The van der Waals surface area contributed by atoms with Crippen molar-refractivity contribution in [3.8, 4) is 0 Å². The zero-order chi connectivity index (χ0) is 12.5. The van der Waals surface area contributed by atoms with Crippen LogP contribution in [-0.2, 0) is 11.3 Å². The second-order valence-corrected chi connectivity index (χ2v) is 4.14. The van der Waals surface area contributed by atoms with E-state index in [4.69, 9.17) is 4.74 Å². The van der Waals surface area contributed by atoms with E-state index in [0.29, 0.717) is 19.8 Å². The smallest absolute Gasteiger partial charge is 0.0900 e. The molecule has 0 saturated heterocycles. The summed E-state index contributed by atoms with van der Waals surface area (Å²) in [6, 6.07) is 10.0. The Balaban J connectivity index is 2.18. The van der Waals surface area contributed by atoms with E-state index < -0.39 is 6.10 Å². The summed E-state index contributed by atoms with van der Waals surface area (Å²) in [5.41, 5.74) is 1.14. The zero-order valence-electron chi connectivity index (χ0n) is 10.8. The van der Waals surface area contributed by atoms with Crippen LogP contribution in [0.2, 0.25) is 0 Å². The average Bonchev–Trinajstić information content (AvgIpc) is 2.37. The second-order valence-electron chi connectivity index (χ2n) is 4.14. The highest BCUT2D eigenvalue weighted by atomic mass is 16.5. The van der Waals surface area contributed by atoms with Crippen LogP contribution in [0.3, 0.4) is 0 Å². The van der Waals surface area contributed by atoms with Gasteiger partial charge in [0.15, 0.2) is 0 Å². The molecule has 0 aliphatic heterocycles. The Bertz CT molecular complexity index is 286. The van der Waals surface area contributed by atoms with Crippen molar-refractivity contribution >= 4 is 0 Å². The van der Waals surface area contributed by atoms with Gasteiger partial charge in [-0.15, -0.1) is 0 Å². The first kappa shape index (κ1) is 14.2. The number of likely N-dealkylation sites (N-methyl/N-ethyl adjacent to an activating group) is 1. The quantitative estimate of drug-likeness (QED) is 0.749. The third-order valence-corrected chi connectivity index (χ3v) is 2.79. The summed E-state index contributed by atoms with van der Waals surface area (Å²) in [6.07, 6.45) is -0.404. The maximum absolute atomic E-state index is 9.79. The maximum Gasteiger partial charge on any atom is 0.0900 e. The highest BCUT2D eigenvalue weighted by Gasteiger charge is 2.08. The van der Waals surface area contributed by atoms with Crippen LogP contribution in [0, 0.1) is 0 Å². The van der Waals surface area contributed by atoms with Crippen molar-refractivity contribution in [2.75, 3.05) is 26.2 Å². The fourth-order valence-corrected chi connectivity index (χ4v) is 1.72. The first-order valence-corrected chi connectivity index (χ1v) is 6.28. The number of benzene rings is 1. The predicted octanol–water partition coefficient (Wildman–Crippen LogP) is 1.91. The number of aliphatic hydroxyl groups excluding tert-OH is 1.